The molecule has 18 heavy (non-hydrogen) atoms. The normalized spacial score (nSPS) is 10.7. The number of rotatable bonds is 2. The fraction of sp³-hybridized carbons (Fsp3) is 0.364. The molecule has 0 amide bonds. The number of nitrogen functional groups attached to an aromatic ring is 1. The van der Waals surface area contributed by atoms with E-state index >= 15 is 0 Å². The van der Waals surface area contributed by atoms with E-state index in [2.05, 4.69) is 15.1 Å². The monoisotopic (exact) mass is 253 g/mol. The lowest BCUT2D eigenvalue weighted by Gasteiger charge is -2.18. The van der Waals surface area contributed by atoms with Crippen molar-refractivity contribution in [2.75, 3.05) is 5.43 Å². The maximum atomic E-state index is 11.5. The van der Waals surface area contributed by atoms with E-state index in [4.69, 9.17) is 10.6 Å². The Morgan fingerprint density at radius 3 is 2.44 bits per heavy atom. The van der Waals surface area contributed by atoms with E-state index in [0.29, 0.717) is 5.82 Å². The second-order valence-electron chi connectivity index (χ2n) is 4.43. The molecule has 0 saturated heterocycles. The minimum absolute atomic E-state index is 0.125. The zero-order valence-corrected chi connectivity index (χ0v) is 10.4. The van der Waals surface area contributed by atoms with Crippen molar-refractivity contribution < 1.29 is 19.1 Å². The third-order valence-electron chi connectivity index (χ3n) is 1.71. The van der Waals surface area contributed by atoms with Crippen molar-refractivity contribution in [2.45, 2.75) is 26.4 Å². The van der Waals surface area contributed by atoms with Gasteiger partial charge in [0.2, 0.25) is 0 Å². The number of carbonyl (C=O) groups is 2. The number of ether oxygens (including phenoxy) is 2. The number of nitrogens with zero attached hydrogens (tertiary/aromatic N) is 1. The van der Waals surface area contributed by atoms with Crippen LogP contribution in [0.2, 0.25) is 0 Å². The van der Waals surface area contributed by atoms with E-state index in [0.717, 1.165) is 0 Å². The van der Waals surface area contributed by atoms with Crippen LogP contribution in [0.25, 0.3) is 0 Å². The quantitative estimate of drug-likeness (QED) is 0.356. The number of hydrazine groups is 1. The summed E-state index contributed by atoms with van der Waals surface area (Å²) in [4.78, 5) is 26.6. The molecule has 0 aromatic carbocycles. The largest absolute Gasteiger partial charge is 0.516 e. The summed E-state index contributed by atoms with van der Waals surface area (Å²) in [7, 11) is 0. The van der Waals surface area contributed by atoms with Gasteiger partial charge < -0.3 is 14.9 Å². The lowest BCUT2D eigenvalue weighted by atomic mass is 10.2. The second-order valence-corrected chi connectivity index (χ2v) is 4.43. The summed E-state index contributed by atoms with van der Waals surface area (Å²) < 4.78 is 9.33. The molecule has 3 N–H and O–H groups in total. The lowest BCUT2D eigenvalue weighted by Crippen LogP contribution is -2.26. The molecule has 7 nitrogen and oxygen atoms in total. The van der Waals surface area contributed by atoms with Crippen LogP contribution in [0.5, 0.6) is 0 Å². The Kier molecular flexibility index (Phi) is 4.22. The Morgan fingerprint density at radius 1 is 1.33 bits per heavy atom. The Balaban J connectivity index is 2.62. The molecule has 0 fully saturated rings. The van der Waals surface area contributed by atoms with Crippen LogP contribution in [0.1, 0.15) is 31.1 Å². The third-order valence-corrected chi connectivity index (χ3v) is 1.71. The first-order chi connectivity index (χ1) is 8.31. The Labute approximate surface area is 104 Å². The van der Waals surface area contributed by atoms with Crippen LogP contribution >= 0.6 is 0 Å². The maximum absolute atomic E-state index is 11.5. The first-order valence-corrected chi connectivity index (χ1v) is 5.19. The molecule has 0 aliphatic rings. The van der Waals surface area contributed by atoms with E-state index in [1.807, 2.05) is 0 Å². The highest BCUT2D eigenvalue weighted by molar-refractivity contribution is 5.95. The van der Waals surface area contributed by atoms with Crippen molar-refractivity contribution >= 4 is 17.9 Å². The number of carbonyl (C=O) groups excluding carboxylic acids is 2. The van der Waals surface area contributed by atoms with E-state index in [1.54, 1.807) is 20.8 Å². The van der Waals surface area contributed by atoms with Crippen LogP contribution in [0.4, 0.5) is 10.6 Å². The summed E-state index contributed by atoms with van der Waals surface area (Å²) >= 11 is 0. The molecule has 1 aromatic heterocycles. The standard InChI is InChI=1S/C11H15N3O4/c1-11(2,3)18-10(16)17-9(15)7-4-5-8(14-12)13-6-7/h4-6H,12H2,1-3H3,(H,13,14). The van der Waals surface area contributed by atoms with Crippen LogP contribution in [-0.4, -0.2) is 22.7 Å². The van der Waals surface area contributed by atoms with Gasteiger partial charge in [0.05, 0.1) is 5.56 Å². The van der Waals surface area contributed by atoms with Gasteiger partial charge in [0.15, 0.2) is 0 Å². The van der Waals surface area contributed by atoms with Crippen LogP contribution in [0.3, 0.4) is 0 Å². The predicted octanol–water partition coefficient (Wildman–Crippen LogP) is 1.46. The summed E-state index contributed by atoms with van der Waals surface area (Å²) in [6.45, 7) is 5.01. The van der Waals surface area contributed by atoms with Gasteiger partial charge in [-0.15, -0.1) is 0 Å². The fourth-order valence-corrected chi connectivity index (χ4v) is 1.01. The molecule has 0 aliphatic carbocycles. The van der Waals surface area contributed by atoms with Crippen molar-refractivity contribution in [3.05, 3.63) is 23.9 Å². The smallest absolute Gasteiger partial charge is 0.428 e. The van der Waals surface area contributed by atoms with Gasteiger partial charge in [-0.25, -0.2) is 20.4 Å². The third kappa shape index (κ3) is 4.38. The van der Waals surface area contributed by atoms with Gasteiger partial charge >= 0.3 is 12.1 Å². The zero-order chi connectivity index (χ0) is 13.8. The van der Waals surface area contributed by atoms with Crippen molar-refractivity contribution in [1.29, 1.82) is 0 Å². The number of nitrogens with one attached hydrogen (secondary N) is 1. The zero-order valence-electron chi connectivity index (χ0n) is 10.4. The van der Waals surface area contributed by atoms with Crippen molar-refractivity contribution in [3.8, 4) is 0 Å². The van der Waals surface area contributed by atoms with Gasteiger partial charge in [0.1, 0.15) is 11.4 Å². The average molecular weight is 253 g/mol. The van der Waals surface area contributed by atoms with E-state index in [9.17, 15) is 9.59 Å². The first-order valence-electron chi connectivity index (χ1n) is 5.19. The number of aromatic nitrogens is 1. The highest BCUT2D eigenvalue weighted by Gasteiger charge is 2.21. The van der Waals surface area contributed by atoms with Gasteiger partial charge in [0.25, 0.3) is 0 Å². The van der Waals surface area contributed by atoms with E-state index in [1.165, 1.54) is 18.3 Å². The predicted molar refractivity (Wildman–Crippen MR) is 63.7 cm³/mol. The summed E-state index contributed by atoms with van der Waals surface area (Å²) in [6.07, 6.45) is 0.190. The molecule has 7 heteroatoms. The van der Waals surface area contributed by atoms with Crippen LogP contribution in [0, 0.1) is 0 Å². The number of hydrogen-bond donors (Lipinski definition) is 2. The Morgan fingerprint density at radius 2 is 2.00 bits per heavy atom. The lowest BCUT2D eigenvalue weighted by molar-refractivity contribution is -0.00155. The molecule has 0 radical (unpaired) electrons. The van der Waals surface area contributed by atoms with Crippen molar-refractivity contribution in [3.63, 3.8) is 0 Å². The van der Waals surface area contributed by atoms with Crippen LogP contribution in [0.15, 0.2) is 18.3 Å². The molecule has 1 heterocycles. The Hall–Kier alpha value is -2.15. The van der Waals surface area contributed by atoms with Crippen molar-refractivity contribution in [2.24, 2.45) is 5.84 Å². The molecule has 0 aliphatic heterocycles. The SMILES string of the molecule is CC(C)(C)OC(=O)OC(=O)c1ccc(NN)nc1. The van der Waals surface area contributed by atoms with E-state index < -0.39 is 17.7 Å². The number of hydrogen-bond acceptors (Lipinski definition) is 7. The van der Waals surface area contributed by atoms with Crippen LogP contribution in [-0.2, 0) is 9.47 Å². The molecular formula is C11H15N3O4. The topological polar surface area (TPSA) is 104 Å². The van der Waals surface area contributed by atoms with E-state index in [-0.39, 0.29) is 5.56 Å². The molecule has 0 spiro atoms. The number of pyridine rings is 1. The maximum Gasteiger partial charge on any atom is 0.516 e. The Bertz CT molecular complexity index is 437. The summed E-state index contributed by atoms with van der Waals surface area (Å²) in [5, 5.41) is 0. The minimum atomic E-state index is -1.05. The van der Waals surface area contributed by atoms with Gasteiger partial charge in [-0.3, -0.25) is 0 Å². The molecule has 0 atom stereocenters. The molecule has 0 bridgehead atoms. The molecule has 98 valence electrons. The highest BCUT2D eigenvalue weighted by Crippen LogP contribution is 2.10. The summed E-state index contributed by atoms with van der Waals surface area (Å²) in [5.41, 5.74) is 1.72. The van der Waals surface area contributed by atoms with Crippen LogP contribution < -0.4 is 11.3 Å². The summed E-state index contributed by atoms with van der Waals surface area (Å²) in [5.74, 6) is 4.68. The van der Waals surface area contributed by atoms with Gasteiger partial charge in [0, 0.05) is 6.20 Å². The van der Waals surface area contributed by atoms with Gasteiger partial charge in [-0.05, 0) is 32.9 Å². The summed E-state index contributed by atoms with van der Waals surface area (Å²) in [6, 6.07) is 2.90. The first kappa shape index (κ1) is 13.9. The molecule has 1 aromatic rings. The number of anilines is 1. The average Bonchev–Trinajstić information content (AvgIpc) is 2.26. The molecular weight excluding hydrogens is 238 g/mol. The molecule has 0 saturated carbocycles. The van der Waals surface area contributed by atoms with Gasteiger partial charge in [-0.2, -0.15) is 0 Å². The highest BCUT2D eigenvalue weighted by atomic mass is 16.7. The fourth-order valence-electron chi connectivity index (χ4n) is 1.01. The van der Waals surface area contributed by atoms with Gasteiger partial charge in [-0.1, -0.05) is 0 Å². The number of nitrogens with two attached hydrogens (primary N) is 1. The number of esters is 1. The molecule has 0 unspecified atom stereocenters. The minimum Gasteiger partial charge on any atom is -0.428 e. The second kappa shape index (κ2) is 5.46. The molecule has 1 rings (SSSR count). The van der Waals surface area contributed by atoms with Crippen molar-refractivity contribution in [1.82, 2.24) is 4.98 Å².